The van der Waals surface area contributed by atoms with Gasteiger partial charge in [-0.3, -0.25) is 9.73 Å². The minimum absolute atomic E-state index is 1.02. The van der Waals surface area contributed by atoms with E-state index in [4.69, 9.17) is 9.73 Å². The third-order valence-electron chi connectivity index (χ3n) is 4.93. The van der Waals surface area contributed by atoms with Crippen LogP contribution in [0.5, 0.6) is 0 Å². The molecule has 138 valence electrons. The molecule has 4 aromatic rings. The van der Waals surface area contributed by atoms with Gasteiger partial charge < -0.3 is 0 Å². The summed E-state index contributed by atoms with van der Waals surface area (Å²) in [7, 11) is -2.32. The van der Waals surface area contributed by atoms with Gasteiger partial charge in [0.2, 0.25) is 0 Å². The van der Waals surface area contributed by atoms with Crippen molar-refractivity contribution in [2.24, 2.45) is 4.74 Å². The molecular weight excluding hydrogens is 359 g/mol. The Morgan fingerprint density at radius 2 is 1.14 bits per heavy atom. The Morgan fingerprint density at radius 1 is 0.607 bits per heavy atom. The van der Waals surface area contributed by atoms with E-state index >= 15 is 0 Å². The van der Waals surface area contributed by atoms with E-state index in [1.54, 1.807) is 0 Å². The zero-order chi connectivity index (χ0) is 19.4. The first kappa shape index (κ1) is 18.4. The van der Waals surface area contributed by atoms with Crippen LogP contribution in [-0.2, 0) is 0 Å². The van der Waals surface area contributed by atoms with Crippen LogP contribution in [-0.4, -0.2) is 4.98 Å². The highest BCUT2D eigenvalue weighted by Crippen LogP contribution is 2.49. The van der Waals surface area contributed by atoms with E-state index in [0.29, 0.717) is 0 Å². The first-order valence-electron chi connectivity index (χ1n) is 9.43. The van der Waals surface area contributed by atoms with Crippen molar-refractivity contribution in [2.75, 3.05) is 0 Å². The summed E-state index contributed by atoms with van der Waals surface area (Å²) in [5.41, 5.74) is 4.46. The van der Waals surface area contributed by atoms with Crippen LogP contribution >= 0.6 is 7.05 Å². The molecule has 0 aliphatic rings. The molecule has 0 saturated heterocycles. The van der Waals surface area contributed by atoms with E-state index in [1.165, 1.54) is 21.7 Å². The molecule has 0 aliphatic carbocycles. The lowest BCUT2D eigenvalue weighted by atomic mass is 10.1. The summed E-state index contributed by atoms with van der Waals surface area (Å²) < 4.78 is 5.55. The third kappa shape index (κ3) is 3.32. The minimum atomic E-state index is -2.32. The topological polar surface area (TPSA) is 25.2 Å². The Balaban J connectivity index is 2.18. The Labute approximate surface area is 167 Å². The lowest BCUT2D eigenvalue weighted by Gasteiger charge is -2.26. The fourth-order valence-electron chi connectivity index (χ4n) is 3.53. The number of nitrogens with zero attached hydrogens (tertiary/aromatic N) is 2. The maximum atomic E-state index is 5.55. The molecule has 4 rings (SSSR count). The molecule has 1 aromatic heterocycles. The molecule has 0 radical (unpaired) electrons. The van der Waals surface area contributed by atoms with E-state index in [2.05, 4.69) is 105 Å². The third-order valence-corrected chi connectivity index (χ3v) is 8.45. The quantitative estimate of drug-likeness (QED) is 0.427. The molecule has 3 aromatic carbocycles. The van der Waals surface area contributed by atoms with Gasteiger partial charge in [-0.15, -0.1) is 0 Å². The zero-order valence-electron chi connectivity index (χ0n) is 16.2. The van der Waals surface area contributed by atoms with Crippen LogP contribution in [0, 0.1) is 13.8 Å². The number of aromatic nitrogens is 1. The molecule has 2 nitrogen and oxygen atoms in total. The zero-order valence-corrected chi connectivity index (χ0v) is 17.1. The Hall–Kier alpha value is -2.96. The maximum Gasteiger partial charge on any atom is 0.0887 e. The standard InChI is InChI=1S/C25H23N2P/c1-20-12-11-13-21(2)25(20)27-28(22-14-5-3-6-15-22,23-16-7-4-8-17-23)24-18-9-10-19-26-24/h3-19H,1-2H3. The van der Waals surface area contributed by atoms with Crippen molar-refractivity contribution >= 4 is 28.8 Å². The van der Waals surface area contributed by atoms with Crippen molar-refractivity contribution < 1.29 is 0 Å². The molecule has 0 N–H and O–H groups in total. The molecule has 0 aliphatic heterocycles. The van der Waals surface area contributed by atoms with Gasteiger partial charge in [0.25, 0.3) is 0 Å². The first-order chi connectivity index (χ1) is 13.7. The summed E-state index contributed by atoms with van der Waals surface area (Å²) in [6.45, 7) is 4.27. The van der Waals surface area contributed by atoms with Crippen molar-refractivity contribution in [3.63, 3.8) is 0 Å². The number of pyridine rings is 1. The van der Waals surface area contributed by atoms with Gasteiger partial charge in [0.05, 0.1) is 18.2 Å². The smallest absolute Gasteiger partial charge is 0.0887 e. The van der Waals surface area contributed by atoms with E-state index in [0.717, 1.165) is 11.1 Å². The summed E-state index contributed by atoms with van der Waals surface area (Å²) in [6.07, 6.45) is 1.87. The van der Waals surface area contributed by atoms with Crippen molar-refractivity contribution in [1.29, 1.82) is 0 Å². The van der Waals surface area contributed by atoms with Gasteiger partial charge >= 0.3 is 0 Å². The second-order valence-corrected chi connectivity index (χ2v) is 9.80. The number of rotatable bonds is 4. The monoisotopic (exact) mass is 382 g/mol. The summed E-state index contributed by atoms with van der Waals surface area (Å²) in [5, 5.41) is 2.42. The van der Waals surface area contributed by atoms with E-state index in [-0.39, 0.29) is 0 Å². The second kappa shape index (κ2) is 7.96. The lowest BCUT2D eigenvalue weighted by Crippen LogP contribution is -2.27. The predicted molar refractivity (Wildman–Crippen MR) is 121 cm³/mol. The number of hydrogen-bond donors (Lipinski definition) is 0. The Morgan fingerprint density at radius 3 is 1.64 bits per heavy atom. The largest absolute Gasteiger partial charge is 0.254 e. The van der Waals surface area contributed by atoms with Crippen molar-refractivity contribution in [3.05, 3.63) is 114 Å². The van der Waals surface area contributed by atoms with E-state index < -0.39 is 7.05 Å². The highest BCUT2D eigenvalue weighted by atomic mass is 31.2. The number of aryl methyl sites for hydroxylation is 2. The van der Waals surface area contributed by atoms with Crippen molar-refractivity contribution in [1.82, 2.24) is 4.98 Å². The normalized spacial score (nSPS) is 11.2. The van der Waals surface area contributed by atoms with Gasteiger partial charge in [-0.2, -0.15) is 0 Å². The van der Waals surface area contributed by atoms with Gasteiger partial charge in [-0.25, -0.2) is 0 Å². The van der Waals surface area contributed by atoms with Crippen LogP contribution in [0.1, 0.15) is 11.1 Å². The van der Waals surface area contributed by atoms with Crippen LogP contribution < -0.4 is 16.0 Å². The molecule has 0 unspecified atom stereocenters. The molecule has 1 heterocycles. The van der Waals surface area contributed by atoms with Gasteiger partial charge in [-0.1, -0.05) is 84.9 Å². The average Bonchev–Trinajstić information content (AvgIpc) is 2.76. The van der Waals surface area contributed by atoms with Crippen LogP contribution in [0.2, 0.25) is 0 Å². The van der Waals surface area contributed by atoms with Crippen molar-refractivity contribution in [2.45, 2.75) is 13.8 Å². The maximum absolute atomic E-state index is 5.55. The van der Waals surface area contributed by atoms with Crippen LogP contribution in [0.4, 0.5) is 5.69 Å². The number of benzene rings is 3. The Bertz CT molecular complexity index is 997. The van der Waals surface area contributed by atoms with Gasteiger partial charge in [0.1, 0.15) is 0 Å². The van der Waals surface area contributed by atoms with E-state index in [1.807, 2.05) is 12.3 Å². The summed E-state index contributed by atoms with van der Waals surface area (Å²) in [4.78, 5) is 4.82. The van der Waals surface area contributed by atoms with Crippen molar-refractivity contribution in [3.8, 4) is 0 Å². The minimum Gasteiger partial charge on any atom is -0.254 e. The molecule has 0 spiro atoms. The van der Waals surface area contributed by atoms with Gasteiger partial charge in [-0.05, 0) is 37.1 Å². The molecule has 3 heteroatoms. The summed E-state index contributed by atoms with van der Waals surface area (Å²) in [6, 6.07) is 33.7. The predicted octanol–water partition coefficient (Wildman–Crippen LogP) is 5.51. The number of hydrogen-bond acceptors (Lipinski definition) is 2. The molecule has 28 heavy (non-hydrogen) atoms. The van der Waals surface area contributed by atoms with E-state index in [9.17, 15) is 0 Å². The highest BCUT2D eigenvalue weighted by molar-refractivity contribution is 7.87. The molecular formula is C25H23N2P. The highest BCUT2D eigenvalue weighted by Gasteiger charge is 2.29. The molecule has 0 fully saturated rings. The van der Waals surface area contributed by atoms with Crippen LogP contribution in [0.3, 0.4) is 0 Å². The average molecular weight is 382 g/mol. The summed E-state index contributed by atoms with van der Waals surface area (Å²) >= 11 is 0. The molecule has 0 atom stereocenters. The van der Waals surface area contributed by atoms with Crippen LogP contribution in [0.25, 0.3) is 0 Å². The van der Waals surface area contributed by atoms with Gasteiger partial charge in [0.15, 0.2) is 0 Å². The van der Waals surface area contributed by atoms with Crippen LogP contribution in [0.15, 0.2) is 108 Å². The van der Waals surface area contributed by atoms with Gasteiger partial charge in [0, 0.05) is 16.8 Å². The summed E-state index contributed by atoms with van der Waals surface area (Å²) in [5.74, 6) is 0. The first-order valence-corrected chi connectivity index (χ1v) is 11.2. The molecule has 0 bridgehead atoms. The lowest BCUT2D eigenvalue weighted by molar-refractivity contribution is 1.33. The Kier molecular flexibility index (Phi) is 5.23. The fourth-order valence-corrected chi connectivity index (χ4v) is 7.05. The molecule has 0 saturated carbocycles. The SMILES string of the molecule is Cc1cccc(C)c1N=P(c1ccccc1)(c1ccccc1)c1ccccn1. The molecule has 0 amide bonds. The second-order valence-electron chi connectivity index (χ2n) is 6.83. The fraction of sp³-hybridized carbons (Fsp3) is 0.0800.